The van der Waals surface area contributed by atoms with Crippen molar-refractivity contribution in [1.29, 1.82) is 0 Å². The number of carbonyl (C=O) groups is 1. The van der Waals surface area contributed by atoms with Gasteiger partial charge < -0.3 is 24.4 Å². The molecule has 0 aliphatic carbocycles. The third-order valence-corrected chi connectivity index (χ3v) is 4.18. The Kier molecular flexibility index (Phi) is 15.2. The molecule has 6 nitrogen and oxygen atoms in total. The minimum atomic E-state index is -4.81. The molecule has 134 valence electrons. The predicted octanol–water partition coefficient (Wildman–Crippen LogP) is -3.90. The molecule has 0 aliphatic rings. The van der Waals surface area contributed by atoms with E-state index < -0.39 is 19.7 Å². The standard InChI is InChI=1S/C17H19ClNO5P.2K/c18-14-6-8-15(9-7-14)24-16-5-1-3-13(11-16)4-2-10-19-17(20)12-25(21,22)23;;/h1,3,5-9,11H,2,4,10,12H2,(H,19,20)(H2,21,22,23);;/q;2*+1/p-2. The molecular weight excluding hydrogens is 443 g/mol. The van der Waals surface area contributed by atoms with Crippen molar-refractivity contribution in [3.63, 3.8) is 0 Å². The van der Waals surface area contributed by atoms with Crippen molar-refractivity contribution < 1.29 is 127 Å². The first-order valence-electron chi connectivity index (χ1n) is 7.62. The van der Waals surface area contributed by atoms with E-state index >= 15 is 0 Å². The summed E-state index contributed by atoms with van der Waals surface area (Å²) < 4.78 is 16.2. The van der Waals surface area contributed by atoms with Crippen LogP contribution in [0.2, 0.25) is 5.02 Å². The smallest absolute Gasteiger partial charge is 0.810 e. The molecule has 1 amide bonds. The Hall–Kier alpha value is 1.42. The fourth-order valence-corrected chi connectivity index (χ4v) is 2.74. The van der Waals surface area contributed by atoms with E-state index in [1.54, 1.807) is 24.3 Å². The van der Waals surface area contributed by atoms with Gasteiger partial charge in [-0.05, 0) is 54.8 Å². The number of nitrogens with one attached hydrogen (secondary N) is 1. The summed E-state index contributed by atoms with van der Waals surface area (Å²) in [5.74, 6) is 0.587. The van der Waals surface area contributed by atoms with E-state index in [9.17, 15) is 19.1 Å². The van der Waals surface area contributed by atoms with Gasteiger partial charge in [-0.25, -0.2) is 0 Å². The van der Waals surface area contributed by atoms with Crippen LogP contribution in [0.25, 0.3) is 0 Å². The summed E-state index contributed by atoms with van der Waals surface area (Å²) in [6.07, 6.45) is 0.278. The Morgan fingerprint density at radius 3 is 2.37 bits per heavy atom. The van der Waals surface area contributed by atoms with Gasteiger partial charge in [-0.3, -0.25) is 4.79 Å². The maximum Gasteiger partial charge on any atom is 1.00 e. The van der Waals surface area contributed by atoms with Crippen molar-refractivity contribution in [3.05, 3.63) is 59.1 Å². The van der Waals surface area contributed by atoms with Gasteiger partial charge in [-0.2, -0.15) is 0 Å². The molecule has 0 aromatic heterocycles. The van der Waals surface area contributed by atoms with Crippen molar-refractivity contribution in [3.8, 4) is 11.5 Å². The zero-order valence-electron chi connectivity index (χ0n) is 15.3. The van der Waals surface area contributed by atoms with Crippen LogP contribution in [0.1, 0.15) is 12.0 Å². The number of carbonyl (C=O) groups excluding carboxylic acids is 1. The van der Waals surface area contributed by atoms with E-state index in [2.05, 4.69) is 5.32 Å². The summed E-state index contributed by atoms with van der Waals surface area (Å²) in [4.78, 5) is 32.2. The van der Waals surface area contributed by atoms with Crippen LogP contribution in [-0.4, -0.2) is 18.6 Å². The second kappa shape index (κ2) is 14.4. The Bertz CT molecular complexity index is 770. The van der Waals surface area contributed by atoms with Gasteiger partial charge in [0, 0.05) is 11.6 Å². The van der Waals surface area contributed by atoms with E-state index in [-0.39, 0.29) is 103 Å². The number of benzene rings is 2. The number of rotatable bonds is 8. The molecule has 2 rings (SSSR count). The molecule has 0 heterocycles. The van der Waals surface area contributed by atoms with Crippen molar-refractivity contribution in [2.45, 2.75) is 12.8 Å². The number of hydrogen-bond donors (Lipinski definition) is 1. The van der Waals surface area contributed by atoms with Crippen LogP contribution in [0.3, 0.4) is 0 Å². The molecule has 0 spiro atoms. The average Bonchev–Trinajstić information content (AvgIpc) is 2.53. The monoisotopic (exact) mass is 459 g/mol. The van der Waals surface area contributed by atoms with Crippen LogP contribution in [0.4, 0.5) is 0 Å². The molecule has 0 radical (unpaired) electrons. The van der Waals surface area contributed by atoms with Gasteiger partial charge in [0.25, 0.3) is 0 Å². The second-order valence-corrected chi connectivity index (χ2v) is 7.40. The Morgan fingerprint density at radius 2 is 1.74 bits per heavy atom. The molecule has 0 saturated heterocycles. The molecule has 10 heteroatoms. The van der Waals surface area contributed by atoms with Gasteiger partial charge in [0.15, 0.2) is 0 Å². The minimum absolute atomic E-state index is 0. The van der Waals surface area contributed by atoms with Crippen LogP contribution in [0.5, 0.6) is 11.5 Å². The van der Waals surface area contributed by atoms with Gasteiger partial charge in [-0.15, -0.1) is 0 Å². The molecule has 0 atom stereocenters. The molecule has 2 aromatic carbocycles. The van der Waals surface area contributed by atoms with Crippen LogP contribution in [0, 0.1) is 0 Å². The quantitative estimate of drug-likeness (QED) is 0.247. The SMILES string of the molecule is O=C(CP(=O)([O-])[O-])NCCCc1cccc(Oc2ccc(Cl)cc2)c1.[K+].[K+]. The zero-order valence-corrected chi connectivity index (χ0v) is 23.2. The summed E-state index contributed by atoms with van der Waals surface area (Å²) in [6, 6.07) is 14.5. The van der Waals surface area contributed by atoms with Crippen molar-refractivity contribution in [2.75, 3.05) is 12.7 Å². The Labute approximate surface area is 248 Å². The second-order valence-electron chi connectivity index (χ2n) is 5.43. The maximum atomic E-state index is 11.2. The first kappa shape index (κ1) is 28.4. The molecule has 1 N–H and O–H groups in total. The fraction of sp³-hybridized carbons (Fsp3) is 0.235. The number of ether oxygens (including phenoxy) is 1. The average molecular weight is 460 g/mol. The van der Waals surface area contributed by atoms with Gasteiger partial charge in [-0.1, -0.05) is 31.3 Å². The van der Waals surface area contributed by atoms with Gasteiger partial charge >= 0.3 is 103 Å². The largest absolute Gasteiger partial charge is 1.00 e. The van der Waals surface area contributed by atoms with Crippen LogP contribution >= 0.6 is 19.2 Å². The van der Waals surface area contributed by atoms with Crippen molar-refractivity contribution in [1.82, 2.24) is 5.32 Å². The van der Waals surface area contributed by atoms with Crippen LogP contribution in [0.15, 0.2) is 48.5 Å². The van der Waals surface area contributed by atoms with Crippen molar-refractivity contribution in [2.24, 2.45) is 0 Å². The third kappa shape index (κ3) is 12.7. The zero-order chi connectivity index (χ0) is 18.3. The van der Waals surface area contributed by atoms with Crippen molar-refractivity contribution >= 4 is 25.1 Å². The number of amides is 1. The topological polar surface area (TPSA) is 102 Å². The third-order valence-electron chi connectivity index (χ3n) is 3.25. The van der Waals surface area contributed by atoms with Crippen LogP contribution in [-0.2, 0) is 15.8 Å². The van der Waals surface area contributed by atoms with E-state index in [4.69, 9.17) is 16.3 Å². The summed E-state index contributed by atoms with van der Waals surface area (Å²) in [5, 5.41) is 3.05. The Morgan fingerprint density at radius 1 is 1.07 bits per heavy atom. The molecule has 0 fully saturated rings. The van der Waals surface area contributed by atoms with E-state index in [1.165, 1.54) is 0 Å². The van der Waals surface area contributed by atoms with Crippen LogP contribution < -0.4 is 123 Å². The summed E-state index contributed by atoms with van der Waals surface area (Å²) in [5.41, 5.74) is 1.01. The number of aryl methyl sites for hydroxylation is 1. The fourth-order valence-electron chi connectivity index (χ4n) is 2.16. The molecule has 0 unspecified atom stereocenters. The maximum absolute atomic E-state index is 11.2. The van der Waals surface area contributed by atoms with E-state index in [0.717, 1.165) is 5.56 Å². The van der Waals surface area contributed by atoms with E-state index in [1.807, 2.05) is 24.3 Å². The number of hydrogen-bond acceptors (Lipinski definition) is 5. The first-order chi connectivity index (χ1) is 11.8. The summed E-state index contributed by atoms with van der Waals surface area (Å²) in [7, 11) is -4.81. The molecule has 27 heavy (non-hydrogen) atoms. The normalized spacial score (nSPS) is 10.3. The minimum Gasteiger partial charge on any atom is -0.810 e. The molecular formula is C17H17ClK2NO5P. The molecule has 0 bridgehead atoms. The van der Waals surface area contributed by atoms with Gasteiger partial charge in [0.1, 0.15) is 11.5 Å². The summed E-state index contributed by atoms with van der Waals surface area (Å²) >= 11 is 5.83. The number of halogens is 1. The molecule has 2 aromatic rings. The Balaban J connectivity index is 0.00000338. The first-order valence-corrected chi connectivity index (χ1v) is 9.72. The molecule has 0 saturated carbocycles. The van der Waals surface area contributed by atoms with E-state index in [0.29, 0.717) is 35.9 Å². The van der Waals surface area contributed by atoms with Gasteiger partial charge in [0.05, 0.1) is 6.16 Å². The predicted molar refractivity (Wildman–Crippen MR) is 91.8 cm³/mol. The van der Waals surface area contributed by atoms with Gasteiger partial charge in [0.2, 0.25) is 5.91 Å². The molecule has 0 aliphatic heterocycles. The summed E-state index contributed by atoms with van der Waals surface area (Å²) in [6.45, 7) is 0.293.